The predicted octanol–water partition coefficient (Wildman–Crippen LogP) is 4.77. The Labute approximate surface area is 125 Å². The van der Waals surface area contributed by atoms with Crippen LogP contribution in [0.4, 0.5) is 0 Å². The van der Waals surface area contributed by atoms with Crippen molar-refractivity contribution in [1.82, 2.24) is 4.90 Å². The van der Waals surface area contributed by atoms with Gasteiger partial charge in [-0.3, -0.25) is 4.79 Å². The lowest BCUT2D eigenvalue weighted by atomic mass is 10.0. The van der Waals surface area contributed by atoms with E-state index in [0.717, 1.165) is 19.4 Å². The zero-order valence-corrected chi connectivity index (χ0v) is 13.1. The molecule has 0 aromatic heterocycles. The molecule has 0 saturated carbocycles. The lowest BCUT2D eigenvalue weighted by Crippen LogP contribution is -2.42. The Morgan fingerprint density at radius 3 is 2.50 bits per heavy atom. The standard InChI is InChI=1S/C13H14BrCl2NO/c1-8-4-2-3-5-17(8)13(18)9-6-10(15)12(14)11(16)7-9/h6-8H,2-5H2,1H3. The highest BCUT2D eigenvalue weighted by atomic mass is 79.9. The minimum Gasteiger partial charge on any atom is -0.336 e. The van der Waals surface area contributed by atoms with Crippen molar-refractivity contribution in [3.05, 3.63) is 32.2 Å². The molecule has 1 aromatic rings. The van der Waals surface area contributed by atoms with Gasteiger partial charge in [0, 0.05) is 18.2 Å². The molecule has 1 fully saturated rings. The van der Waals surface area contributed by atoms with Crippen LogP contribution in [0.2, 0.25) is 10.0 Å². The maximum atomic E-state index is 12.4. The highest BCUT2D eigenvalue weighted by Gasteiger charge is 2.25. The fraction of sp³-hybridized carbons (Fsp3) is 0.462. The first-order valence-corrected chi connectivity index (χ1v) is 7.51. The summed E-state index contributed by atoms with van der Waals surface area (Å²) < 4.78 is 0.633. The minimum absolute atomic E-state index is 0.0125. The van der Waals surface area contributed by atoms with Crippen LogP contribution >= 0.6 is 39.1 Å². The van der Waals surface area contributed by atoms with Gasteiger partial charge in [0.05, 0.1) is 14.5 Å². The fourth-order valence-electron chi connectivity index (χ4n) is 2.24. The Bertz CT molecular complexity index is 455. The number of hydrogen-bond donors (Lipinski definition) is 0. The zero-order valence-electron chi connectivity index (χ0n) is 10.0. The molecule has 1 atom stereocenters. The summed E-state index contributed by atoms with van der Waals surface area (Å²) in [6, 6.07) is 3.62. The molecule has 1 saturated heterocycles. The molecule has 0 N–H and O–H groups in total. The molecule has 1 aliphatic heterocycles. The van der Waals surface area contributed by atoms with Gasteiger partial charge in [-0.25, -0.2) is 0 Å². The van der Waals surface area contributed by atoms with Gasteiger partial charge in [-0.05, 0) is 54.2 Å². The van der Waals surface area contributed by atoms with Gasteiger partial charge < -0.3 is 4.90 Å². The van der Waals surface area contributed by atoms with Crippen molar-refractivity contribution in [2.45, 2.75) is 32.2 Å². The van der Waals surface area contributed by atoms with Gasteiger partial charge in [0.25, 0.3) is 5.91 Å². The van der Waals surface area contributed by atoms with E-state index in [9.17, 15) is 4.79 Å². The zero-order chi connectivity index (χ0) is 13.3. The van der Waals surface area contributed by atoms with Crippen LogP contribution in [0, 0.1) is 0 Å². The molecule has 2 rings (SSSR count). The first-order valence-electron chi connectivity index (χ1n) is 5.96. The van der Waals surface area contributed by atoms with Crippen molar-refractivity contribution in [1.29, 1.82) is 0 Å². The highest BCUT2D eigenvalue weighted by Crippen LogP contribution is 2.32. The first-order chi connectivity index (χ1) is 8.50. The number of benzene rings is 1. The van der Waals surface area contributed by atoms with Crippen molar-refractivity contribution in [2.75, 3.05) is 6.54 Å². The molecule has 18 heavy (non-hydrogen) atoms. The van der Waals surface area contributed by atoms with E-state index >= 15 is 0 Å². The van der Waals surface area contributed by atoms with Crippen LogP contribution in [0.3, 0.4) is 0 Å². The second kappa shape index (κ2) is 5.81. The summed E-state index contributed by atoms with van der Waals surface area (Å²) in [6.07, 6.45) is 3.31. The third-order valence-corrected chi connectivity index (χ3v) is 5.20. The number of carbonyl (C=O) groups excluding carboxylic acids is 1. The lowest BCUT2D eigenvalue weighted by molar-refractivity contribution is 0.0635. The van der Waals surface area contributed by atoms with Crippen LogP contribution in [0.1, 0.15) is 36.5 Å². The average molecular weight is 351 g/mol. The SMILES string of the molecule is CC1CCCCN1C(=O)c1cc(Cl)c(Br)c(Cl)c1. The Balaban J connectivity index is 2.28. The van der Waals surface area contributed by atoms with Gasteiger partial charge in [-0.1, -0.05) is 23.2 Å². The number of hydrogen-bond acceptors (Lipinski definition) is 1. The van der Waals surface area contributed by atoms with Crippen LogP contribution in [-0.4, -0.2) is 23.4 Å². The van der Waals surface area contributed by atoms with Crippen molar-refractivity contribution in [3.8, 4) is 0 Å². The second-order valence-electron chi connectivity index (χ2n) is 4.60. The molecule has 5 heteroatoms. The fourth-order valence-corrected chi connectivity index (χ4v) is 2.96. The predicted molar refractivity (Wildman–Crippen MR) is 78.5 cm³/mol. The number of rotatable bonds is 1. The van der Waals surface area contributed by atoms with Crippen molar-refractivity contribution >= 4 is 45.0 Å². The Morgan fingerprint density at radius 2 is 1.94 bits per heavy atom. The first kappa shape index (κ1) is 14.2. The Morgan fingerprint density at radius 1 is 1.33 bits per heavy atom. The van der Waals surface area contributed by atoms with Crippen molar-refractivity contribution in [3.63, 3.8) is 0 Å². The molecule has 2 nitrogen and oxygen atoms in total. The van der Waals surface area contributed by atoms with Crippen LogP contribution in [0.25, 0.3) is 0 Å². The van der Waals surface area contributed by atoms with Gasteiger partial charge in [-0.15, -0.1) is 0 Å². The average Bonchev–Trinajstić information content (AvgIpc) is 2.35. The summed E-state index contributed by atoms with van der Waals surface area (Å²) in [5, 5.41) is 0.936. The molecular weight excluding hydrogens is 337 g/mol. The summed E-state index contributed by atoms with van der Waals surface area (Å²) in [7, 11) is 0. The van der Waals surface area contributed by atoms with E-state index in [1.54, 1.807) is 12.1 Å². The van der Waals surface area contributed by atoms with Crippen LogP contribution < -0.4 is 0 Å². The number of carbonyl (C=O) groups is 1. The Hall–Kier alpha value is -0.250. The molecule has 1 aromatic carbocycles. The molecule has 1 aliphatic rings. The Kier molecular flexibility index (Phi) is 4.57. The van der Waals surface area contributed by atoms with E-state index in [-0.39, 0.29) is 11.9 Å². The molecule has 1 amide bonds. The van der Waals surface area contributed by atoms with E-state index < -0.39 is 0 Å². The van der Waals surface area contributed by atoms with E-state index in [1.165, 1.54) is 6.42 Å². The molecule has 0 aliphatic carbocycles. The number of likely N-dealkylation sites (tertiary alicyclic amines) is 1. The summed E-state index contributed by atoms with van der Waals surface area (Å²) in [6.45, 7) is 2.89. The minimum atomic E-state index is 0.0125. The monoisotopic (exact) mass is 349 g/mol. The van der Waals surface area contributed by atoms with Gasteiger partial charge in [0.15, 0.2) is 0 Å². The maximum Gasteiger partial charge on any atom is 0.254 e. The summed E-state index contributed by atoms with van der Waals surface area (Å²) in [5.74, 6) is 0.0125. The van der Waals surface area contributed by atoms with Gasteiger partial charge >= 0.3 is 0 Å². The maximum absolute atomic E-state index is 12.4. The van der Waals surface area contributed by atoms with Crippen molar-refractivity contribution < 1.29 is 4.79 Å². The molecule has 1 unspecified atom stereocenters. The molecule has 0 radical (unpaired) electrons. The number of amides is 1. The molecule has 1 heterocycles. The summed E-state index contributed by atoms with van der Waals surface area (Å²) in [5.41, 5.74) is 0.557. The number of nitrogens with zero attached hydrogens (tertiary/aromatic N) is 1. The number of halogens is 3. The van der Waals surface area contributed by atoms with E-state index in [1.807, 2.05) is 4.90 Å². The summed E-state index contributed by atoms with van der Waals surface area (Å²) >= 11 is 15.4. The van der Waals surface area contributed by atoms with E-state index in [0.29, 0.717) is 20.1 Å². The third-order valence-electron chi connectivity index (χ3n) is 3.29. The van der Waals surface area contributed by atoms with Crippen molar-refractivity contribution in [2.24, 2.45) is 0 Å². The molecular formula is C13H14BrCl2NO. The second-order valence-corrected chi connectivity index (χ2v) is 6.20. The lowest BCUT2D eigenvalue weighted by Gasteiger charge is -2.33. The smallest absolute Gasteiger partial charge is 0.254 e. The van der Waals surface area contributed by atoms with Gasteiger partial charge in [0.1, 0.15) is 0 Å². The normalized spacial score (nSPS) is 20.0. The number of piperidine rings is 1. The van der Waals surface area contributed by atoms with Gasteiger partial charge in [0.2, 0.25) is 0 Å². The molecule has 0 bridgehead atoms. The largest absolute Gasteiger partial charge is 0.336 e. The highest BCUT2D eigenvalue weighted by molar-refractivity contribution is 9.10. The quantitative estimate of drug-likeness (QED) is 0.668. The summed E-state index contributed by atoms with van der Waals surface area (Å²) in [4.78, 5) is 14.3. The third kappa shape index (κ3) is 2.84. The molecule has 98 valence electrons. The topological polar surface area (TPSA) is 20.3 Å². The van der Waals surface area contributed by atoms with E-state index in [2.05, 4.69) is 22.9 Å². The van der Waals surface area contributed by atoms with Crippen LogP contribution in [0.15, 0.2) is 16.6 Å². The van der Waals surface area contributed by atoms with E-state index in [4.69, 9.17) is 23.2 Å². The van der Waals surface area contributed by atoms with Crippen LogP contribution in [0.5, 0.6) is 0 Å². The van der Waals surface area contributed by atoms with Gasteiger partial charge in [-0.2, -0.15) is 0 Å². The van der Waals surface area contributed by atoms with Crippen LogP contribution in [-0.2, 0) is 0 Å². The molecule has 0 spiro atoms.